The van der Waals surface area contributed by atoms with Gasteiger partial charge < -0.3 is 4.74 Å². The Balaban J connectivity index is 2.20. The predicted octanol–water partition coefficient (Wildman–Crippen LogP) is 5.49. The fourth-order valence-corrected chi connectivity index (χ4v) is 2.32. The Bertz CT molecular complexity index is 594. The van der Waals surface area contributed by atoms with Crippen LogP contribution in [0, 0.1) is 0 Å². The molecule has 0 radical (unpaired) electrons. The Morgan fingerprint density at radius 2 is 1.79 bits per heavy atom. The van der Waals surface area contributed by atoms with E-state index in [1.807, 2.05) is 6.92 Å². The lowest BCUT2D eigenvalue weighted by Crippen LogP contribution is -1.97. The zero-order valence-electron chi connectivity index (χ0n) is 10.3. The summed E-state index contributed by atoms with van der Waals surface area (Å²) in [6, 6.07) is 12.4. The molecule has 2 aromatic carbocycles. The Morgan fingerprint density at radius 3 is 2.37 bits per heavy atom. The van der Waals surface area contributed by atoms with Crippen LogP contribution < -0.4 is 4.74 Å². The van der Waals surface area contributed by atoms with E-state index in [9.17, 15) is 4.79 Å². The topological polar surface area (TPSA) is 26.3 Å². The van der Waals surface area contributed by atoms with Crippen molar-refractivity contribution in [2.45, 2.75) is 13.3 Å². The lowest BCUT2D eigenvalue weighted by atomic mass is 10.1. The summed E-state index contributed by atoms with van der Waals surface area (Å²) in [7, 11) is 0. The van der Waals surface area contributed by atoms with E-state index in [4.69, 9.17) is 16.3 Å². The van der Waals surface area contributed by atoms with Crippen LogP contribution in [-0.4, -0.2) is 5.78 Å². The minimum absolute atomic E-state index is 0.102. The Hall–Kier alpha value is -1.32. The van der Waals surface area contributed by atoms with E-state index in [1.54, 1.807) is 42.5 Å². The van der Waals surface area contributed by atoms with E-state index in [0.717, 1.165) is 4.47 Å². The number of hydrogen-bond donors (Lipinski definition) is 0. The zero-order chi connectivity index (χ0) is 13.8. The molecule has 2 nitrogen and oxygen atoms in total. The van der Waals surface area contributed by atoms with Crippen molar-refractivity contribution in [2.75, 3.05) is 0 Å². The highest BCUT2D eigenvalue weighted by Crippen LogP contribution is 2.28. The van der Waals surface area contributed by atoms with Crippen LogP contribution in [0.25, 0.3) is 0 Å². The minimum Gasteiger partial charge on any atom is -0.457 e. The summed E-state index contributed by atoms with van der Waals surface area (Å²) in [5.41, 5.74) is 0.672. The molecule has 0 N–H and O–H groups in total. The van der Waals surface area contributed by atoms with Gasteiger partial charge in [0.15, 0.2) is 5.78 Å². The molecule has 19 heavy (non-hydrogen) atoms. The molecule has 0 fully saturated rings. The Morgan fingerprint density at radius 1 is 1.16 bits per heavy atom. The summed E-state index contributed by atoms with van der Waals surface area (Å²) in [5, 5.41) is 0.664. The first-order chi connectivity index (χ1) is 9.10. The van der Waals surface area contributed by atoms with Gasteiger partial charge in [0.2, 0.25) is 0 Å². The van der Waals surface area contributed by atoms with Crippen molar-refractivity contribution in [1.82, 2.24) is 0 Å². The predicted molar refractivity (Wildman–Crippen MR) is 80.3 cm³/mol. The maximum absolute atomic E-state index is 11.7. The first-order valence-electron chi connectivity index (χ1n) is 5.86. The molecule has 0 aliphatic rings. The highest BCUT2D eigenvalue weighted by atomic mass is 79.9. The summed E-state index contributed by atoms with van der Waals surface area (Å²) in [4.78, 5) is 11.7. The van der Waals surface area contributed by atoms with Crippen LogP contribution in [0.3, 0.4) is 0 Å². The summed E-state index contributed by atoms with van der Waals surface area (Å²) in [6.07, 6.45) is 0.482. The third kappa shape index (κ3) is 3.58. The average molecular weight is 340 g/mol. The number of halogens is 2. The van der Waals surface area contributed by atoms with E-state index in [2.05, 4.69) is 15.9 Å². The van der Waals surface area contributed by atoms with Gasteiger partial charge in [-0.15, -0.1) is 0 Å². The van der Waals surface area contributed by atoms with Gasteiger partial charge >= 0.3 is 0 Å². The van der Waals surface area contributed by atoms with Crippen molar-refractivity contribution in [3.05, 3.63) is 57.5 Å². The molecule has 0 saturated heterocycles. The summed E-state index contributed by atoms with van der Waals surface area (Å²) < 4.78 is 6.42. The van der Waals surface area contributed by atoms with Gasteiger partial charge in [0, 0.05) is 21.5 Å². The molecule has 0 bridgehead atoms. The van der Waals surface area contributed by atoms with Crippen molar-refractivity contribution < 1.29 is 9.53 Å². The molecule has 2 aromatic rings. The van der Waals surface area contributed by atoms with Gasteiger partial charge in [0.05, 0.1) is 0 Å². The number of Topliss-reactive ketones (excluding diaryl/α,β-unsaturated/α-hetero) is 1. The van der Waals surface area contributed by atoms with Crippen LogP contribution in [0.2, 0.25) is 5.02 Å². The van der Waals surface area contributed by atoms with Crippen molar-refractivity contribution in [3.8, 4) is 11.5 Å². The number of carbonyl (C=O) groups excluding carboxylic acids is 1. The first kappa shape index (κ1) is 14.1. The number of ketones is 1. The molecule has 0 aliphatic heterocycles. The van der Waals surface area contributed by atoms with Gasteiger partial charge in [-0.2, -0.15) is 0 Å². The van der Waals surface area contributed by atoms with Crippen molar-refractivity contribution >= 4 is 33.3 Å². The van der Waals surface area contributed by atoms with Crippen molar-refractivity contribution in [3.63, 3.8) is 0 Å². The van der Waals surface area contributed by atoms with E-state index >= 15 is 0 Å². The van der Waals surface area contributed by atoms with Crippen LogP contribution in [0.1, 0.15) is 23.7 Å². The van der Waals surface area contributed by atoms with Gasteiger partial charge in [0.1, 0.15) is 11.5 Å². The minimum atomic E-state index is 0.102. The van der Waals surface area contributed by atoms with Crippen LogP contribution >= 0.6 is 27.5 Å². The molecule has 0 spiro atoms. The maximum Gasteiger partial charge on any atom is 0.163 e. The van der Waals surface area contributed by atoms with Gasteiger partial charge in [-0.1, -0.05) is 18.5 Å². The fraction of sp³-hybridized carbons (Fsp3) is 0.133. The molecule has 0 amide bonds. The summed E-state index contributed by atoms with van der Waals surface area (Å²) in [5.74, 6) is 1.47. The van der Waals surface area contributed by atoms with E-state index < -0.39 is 0 Å². The SMILES string of the molecule is CCC(=O)c1ccc(Oc2ccc(Cl)cc2)cc1Br. The Labute approximate surface area is 125 Å². The second kappa shape index (κ2) is 6.22. The van der Waals surface area contributed by atoms with Crippen LogP contribution in [0.4, 0.5) is 0 Å². The van der Waals surface area contributed by atoms with Gasteiger partial charge in [-0.25, -0.2) is 0 Å². The quantitative estimate of drug-likeness (QED) is 0.689. The molecule has 0 unspecified atom stereocenters. The largest absolute Gasteiger partial charge is 0.457 e. The van der Waals surface area contributed by atoms with Crippen molar-refractivity contribution in [2.24, 2.45) is 0 Å². The van der Waals surface area contributed by atoms with Crippen LogP contribution in [0.15, 0.2) is 46.9 Å². The highest BCUT2D eigenvalue weighted by molar-refractivity contribution is 9.10. The lowest BCUT2D eigenvalue weighted by molar-refractivity contribution is 0.0987. The van der Waals surface area contributed by atoms with Crippen LogP contribution in [0.5, 0.6) is 11.5 Å². The van der Waals surface area contributed by atoms with Gasteiger partial charge in [0.25, 0.3) is 0 Å². The lowest BCUT2D eigenvalue weighted by Gasteiger charge is -2.08. The van der Waals surface area contributed by atoms with E-state index in [1.165, 1.54) is 0 Å². The van der Waals surface area contributed by atoms with Gasteiger partial charge in [-0.05, 0) is 58.4 Å². The standard InChI is InChI=1S/C15H12BrClO2/c1-2-15(18)13-8-7-12(9-14(13)16)19-11-5-3-10(17)4-6-11/h3-9H,2H2,1H3. The average Bonchev–Trinajstić information content (AvgIpc) is 2.41. The van der Waals surface area contributed by atoms with E-state index in [0.29, 0.717) is 28.5 Å². The fourth-order valence-electron chi connectivity index (χ4n) is 1.61. The molecule has 0 aliphatic carbocycles. The Kier molecular flexibility index (Phi) is 4.61. The molecular weight excluding hydrogens is 328 g/mol. The summed E-state index contributed by atoms with van der Waals surface area (Å²) >= 11 is 9.20. The monoisotopic (exact) mass is 338 g/mol. The molecule has 0 aromatic heterocycles. The number of benzene rings is 2. The molecule has 0 heterocycles. The highest BCUT2D eigenvalue weighted by Gasteiger charge is 2.09. The second-order valence-corrected chi connectivity index (χ2v) is 5.27. The van der Waals surface area contributed by atoms with Crippen LogP contribution in [-0.2, 0) is 0 Å². The molecular formula is C15H12BrClO2. The second-order valence-electron chi connectivity index (χ2n) is 3.97. The smallest absolute Gasteiger partial charge is 0.163 e. The maximum atomic E-state index is 11.7. The van der Waals surface area contributed by atoms with Crippen molar-refractivity contribution in [1.29, 1.82) is 0 Å². The number of ether oxygens (including phenoxy) is 1. The third-order valence-corrected chi connectivity index (χ3v) is 3.52. The molecule has 4 heteroatoms. The summed E-state index contributed by atoms with van der Waals surface area (Å²) in [6.45, 7) is 1.84. The number of hydrogen-bond acceptors (Lipinski definition) is 2. The number of rotatable bonds is 4. The molecule has 0 saturated carbocycles. The van der Waals surface area contributed by atoms with Gasteiger partial charge in [-0.3, -0.25) is 4.79 Å². The third-order valence-electron chi connectivity index (χ3n) is 2.61. The number of carbonyl (C=O) groups is 1. The first-order valence-corrected chi connectivity index (χ1v) is 7.03. The molecule has 98 valence electrons. The zero-order valence-corrected chi connectivity index (χ0v) is 12.7. The molecule has 2 rings (SSSR count). The normalized spacial score (nSPS) is 10.3. The van der Waals surface area contributed by atoms with E-state index in [-0.39, 0.29) is 5.78 Å². The molecule has 0 atom stereocenters.